The van der Waals surface area contributed by atoms with Gasteiger partial charge in [0.1, 0.15) is 0 Å². The molecule has 1 aliphatic carbocycles. The molecule has 3 nitrogen and oxygen atoms in total. The first-order valence-electron chi connectivity index (χ1n) is 5.90. The summed E-state index contributed by atoms with van der Waals surface area (Å²) >= 11 is 0. The van der Waals surface area contributed by atoms with Crippen LogP contribution < -0.4 is 4.72 Å². The first-order valence-corrected chi connectivity index (χ1v) is 7.45. The van der Waals surface area contributed by atoms with Gasteiger partial charge in [-0.25, -0.2) is 13.1 Å². The molecule has 1 fully saturated rings. The second-order valence-electron chi connectivity index (χ2n) is 5.14. The van der Waals surface area contributed by atoms with Gasteiger partial charge in [0, 0.05) is 5.54 Å². The van der Waals surface area contributed by atoms with Crippen molar-refractivity contribution in [2.45, 2.75) is 70.1 Å². The summed E-state index contributed by atoms with van der Waals surface area (Å²) in [5, 5.41) is -0.155. The maximum atomic E-state index is 12.0. The van der Waals surface area contributed by atoms with Crippen LogP contribution in [0.4, 0.5) is 0 Å². The first kappa shape index (κ1) is 13.0. The van der Waals surface area contributed by atoms with E-state index in [1.54, 1.807) is 0 Å². The van der Waals surface area contributed by atoms with E-state index in [1.807, 2.05) is 20.8 Å². The summed E-state index contributed by atoms with van der Waals surface area (Å²) in [4.78, 5) is 0. The molecule has 0 radical (unpaired) electrons. The van der Waals surface area contributed by atoms with Crippen LogP contribution in [-0.2, 0) is 10.0 Å². The highest BCUT2D eigenvalue weighted by Crippen LogP contribution is 2.24. The summed E-state index contributed by atoms with van der Waals surface area (Å²) in [6.45, 7) is 5.88. The summed E-state index contributed by atoms with van der Waals surface area (Å²) in [7, 11) is -3.10. The maximum absolute atomic E-state index is 12.0. The quantitative estimate of drug-likeness (QED) is 0.810. The van der Waals surface area contributed by atoms with Crippen LogP contribution in [0.1, 0.15) is 59.3 Å². The van der Waals surface area contributed by atoms with Crippen LogP contribution in [-0.4, -0.2) is 19.2 Å². The smallest absolute Gasteiger partial charge is 0.212 e. The molecule has 0 aliphatic heterocycles. The molecule has 4 heteroatoms. The van der Waals surface area contributed by atoms with Crippen LogP contribution in [0.2, 0.25) is 0 Å². The van der Waals surface area contributed by atoms with E-state index in [4.69, 9.17) is 0 Å². The zero-order valence-electron chi connectivity index (χ0n) is 10.0. The second kappa shape index (κ2) is 4.83. The Balaban J connectivity index is 2.65. The summed E-state index contributed by atoms with van der Waals surface area (Å²) in [6.07, 6.45) is 5.77. The van der Waals surface area contributed by atoms with E-state index in [0.29, 0.717) is 0 Å². The highest BCUT2D eigenvalue weighted by Gasteiger charge is 2.31. The van der Waals surface area contributed by atoms with Crippen molar-refractivity contribution in [2.24, 2.45) is 0 Å². The minimum Gasteiger partial charge on any atom is -0.212 e. The number of hydrogen-bond acceptors (Lipinski definition) is 2. The number of nitrogens with one attached hydrogen (secondary N) is 1. The van der Waals surface area contributed by atoms with Crippen LogP contribution in [0.5, 0.6) is 0 Å². The molecule has 1 N–H and O–H groups in total. The molecule has 0 bridgehead atoms. The molecule has 0 aromatic heterocycles. The van der Waals surface area contributed by atoms with Crippen LogP contribution in [0, 0.1) is 0 Å². The van der Waals surface area contributed by atoms with Gasteiger partial charge in [0.25, 0.3) is 0 Å². The molecule has 15 heavy (non-hydrogen) atoms. The Morgan fingerprint density at radius 3 is 2.20 bits per heavy atom. The largest absolute Gasteiger partial charge is 0.214 e. The van der Waals surface area contributed by atoms with Crippen molar-refractivity contribution < 1.29 is 8.42 Å². The Morgan fingerprint density at radius 1 is 1.20 bits per heavy atom. The Morgan fingerprint density at radius 2 is 1.73 bits per heavy atom. The molecule has 0 heterocycles. The van der Waals surface area contributed by atoms with E-state index in [-0.39, 0.29) is 10.8 Å². The topological polar surface area (TPSA) is 46.2 Å². The molecule has 0 aromatic rings. The van der Waals surface area contributed by atoms with Gasteiger partial charge in [-0.15, -0.1) is 0 Å². The van der Waals surface area contributed by atoms with Crippen LogP contribution in [0.15, 0.2) is 0 Å². The molecule has 0 atom stereocenters. The highest BCUT2D eigenvalue weighted by molar-refractivity contribution is 7.90. The Bertz CT molecular complexity index is 290. The summed E-state index contributed by atoms with van der Waals surface area (Å²) in [5.41, 5.74) is -0.309. The fourth-order valence-corrected chi connectivity index (χ4v) is 3.95. The Hall–Kier alpha value is -0.0900. The van der Waals surface area contributed by atoms with E-state index in [1.165, 1.54) is 6.42 Å². The third-order valence-corrected chi connectivity index (χ3v) is 5.48. The van der Waals surface area contributed by atoms with E-state index >= 15 is 0 Å². The lowest BCUT2D eigenvalue weighted by Gasteiger charge is -2.29. The van der Waals surface area contributed by atoms with E-state index in [0.717, 1.165) is 32.1 Å². The fraction of sp³-hybridized carbons (Fsp3) is 1.00. The lowest BCUT2D eigenvalue weighted by molar-refractivity contribution is 0.420. The fourth-order valence-electron chi connectivity index (χ4n) is 1.92. The summed E-state index contributed by atoms with van der Waals surface area (Å²) in [5.74, 6) is 0. The summed E-state index contributed by atoms with van der Waals surface area (Å²) in [6, 6.07) is 0. The number of sulfonamides is 1. The predicted molar refractivity (Wildman–Crippen MR) is 63.3 cm³/mol. The van der Waals surface area contributed by atoms with Crippen molar-refractivity contribution >= 4 is 10.0 Å². The Labute approximate surface area is 93.7 Å². The maximum Gasteiger partial charge on any atom is 0.214 e. The van der Waals surface area contributed by atoms with Crippen LogP contribution >= 0.6 is 0 Å². The molecule has 0 spiro atoms. The molecule has 90 valence electrons. The van der Waals surface area contributed by atoms with Crippen molar-refractivity contribution in [3.05, 3.63) is 0 Å². The lowest BCUT2D eigenvalue weighted by atomic mass is 10.0. The van der Waals surface area contributed by atoms with Crippen molar-refractivity contribution in [3.63, 3.8) is 0 Å². The van der Waals surface area contributed by atoms with E-state index in [9.17, 15) is 8.42 Å². The molecule has 1 rings (SSSR count). The normalized spacial score (nSPS) is 20.5. The first-order chi connectivity index (χ1) is 6.87. The van der Waals surface area contributed by atoms with Gasteiger partial charge >= 0.3 is 0 Å². The van der Waals surface area contributed by atoms with Gasteiger partial charge < -0.3 is 0 Å². The van der Waals surface area contributed by atoms with Gasteiger partial charge in [-0.1, -0.05) is 26.2 Å². The van der Waals surface area contributed by atoms with Crippen LogP contribution in [0.3, 0.4) is 0 Å². The van der Waals surface area contributed by atoms with Crippen molar-refractivity contribution in [1.82, 2.24) is 4.72 Å². The lowest BCUT2D eigenvalue weighted by Crippen LogP contribution is -2.47. The molecule has 0 unspecified atom stereocenters. The van der Waals surface area contributed by atoms with E-state index in [2.05, 4.69) is 4.72 Å². The highest BCUT2D eigenvalue weighted by atomic mass is 32.2. The molecule has 1 aliphatic rings. The van der Waals surface area contributed by atoms with Gasteiger partial charge in [-0.05, 0) is 33.1 Å². The third kappa shape index (κ3) is 3.76. The standard InChI is InChI=1S/C11H23NO2S/c1-4-11(2,3)12-15(13,14)10-8-6-5-7-9-10/h10,12H,4-9H2,1-3H3. The SMILES string of the molecule is CCC(C)(C)NS(=O)(=O)C1CCCCC1. The Kier molecular flexibility index (Phi) is 4.18. The average molecular weight is 233 g/mol. The second-order valence-corrected chi connectivity index (χ2v) is 7.11. The minimum atomic E-state index is -3.10. The monoisotopic (exact) mass is 233 g/mol. The molecule has 0 saturated heterocycles. The van der Waals surface area contributed by atoms with Crippen molar-refractivity contribution in [2.75, 3.05) is 0 Å². The summed E-state index contributed by atoms with van der Waals surface area (Å²) < 4.78 is 26.9. The van der Waals surface area contributed by atoms with Gasteiger partial charge in [0.2, 0.25) is 10.0 Å². The zero-order valence-corrected chi connectivity index (χ0v) is 10.9. The zero-order chi connectivity index (χ0) is 11.5. The molecule has 0 amide bonds. The minimum absolute atomic E-state index is 0.155. The van der Waals surface area contributed by atoms with Gasteiger partial charge in [-0.2, -0.15) is 0 Å². The number of hydrogen-bond donors (Lipinski definition) is 1. The van der Waals surface area contributed by atoms with Gasteiger partial charge in [-0.3, -0.25) is 0 Å². The molecular formula is C11H23NO2S. The predicted octanol–water partition coefficient (Wildman–Crippen LogP) is 2.43. The molecular weight excluding hydrogens is 210 g/mol. The van der Waals surface area contributed by atoms with Gasteiger partial charge in [0.05, 0.1) is 5.25 Å². The molecule has 0 aromatic carbocycles. The van der Waals surface area contributed by atoms with E-state index < -0.39 is 10.0 Å². The third-order valence-electron chi connectivity index (χ3n) is 3.29. The van der Waals surface area contributed by atoms with Gasteiger partial charge in [0.15, 0.2) is 0 Å². The van der Waals surface area contributed by atoms with Crippen molar-refractivity contribution in [1.29, 1.82) is 0 Å². The van der Waals surface area contributed by atoms with Crippen LogP contribution in [0.25, 0.3) is 0 Å². The number of rotatable bonds is 4. The molecule has 1 saturated carbocycles. The van der Waals surface area contributed by atoms with Crippen molar-refractivity contribution in [3.8, 4) is 0 Å². The average Bonchev–Trinajstić information content (AvgIpc) is 2.18.